The van der Waals surface area contributed by atoms with E-state index in [0.717, 1.165) is 26.8 Å². The van der Waals surface area contributed by atoms with Crippen LogP contribution in [0.15, 0.2) is 65.1 Å². The first kappa shape index (κ1) is 18.2. The minimum absolute atomic E-state index is 0.251. The summed E-state index contributed by atoms with van der Waals surface area (Å²) in [5.74, 6) is 0.509. The molecule has 1 aromatic heterocycles. The standard InChI is InChI=1S/C20H17ClN2O2S/c1-14-11-17(8-9-19(14)21)25-13-15-4-6-16(7-5-15)20(24)23-22-12-18-3-2-10-26-18/h2-12H,13H2,1H3,(H,23,24)/b22-12-. The molecule has 4 nitrogen and oxygen atoms in total. The van der Waals surface area contributed by atoms with Crippen molar-refractivity contribution in [3.8, 4) is 5.75 Å². The van der Waals surface area contributed by atoms with E-state index >= 15 is 0 Å². The summed E-state index contributed by atoms with van der Waals surface area (Å²) in [7, 11) is 0. The van der Waals surface area contributed by atoms with Gasteiger partial charge in [0.2, 0.25) is 0 Å². The fourth-order valence-corrected chi connectivity index (χ4v) is 2.91. The summed E-state index contributed by atoms with van der Waals surface area (Å²) < 4.78 is 5.75. The summed E-state index contributed by atoms with van der Waals surface area (Å²) in [5.41, 5.74) is 5.00. The maximum absolute atomic E-state index is 12.1. The first-order valence-electron chi connectivity index (χ1n) is 7.96. The predicted molar refractivity (Wildman–Crippen MR) is 106 cm³/mol. The van der Waals surface area contributed by atoms with Gasteiger partial charge >= 0.3 is 0 Å². The van der Waals surface area contributed by atoms with Crippen molar-refractivity contribution in [1.29, 1.82) is 0 Å². The summed E-state index contributed by atoms with van der Waals surface area (Å²) >= 11 is 7.56. The molecule has 0 unspecified atom stereocenters. The lowest BCUT2D eigenvalue weighted by atomic mass is 10.1. The second kappa shape index (κ2) is 8.65. The number of hydrazone groups is 1. The van der Waals surface area contributed by atoms with Gasteiger partial charge in [0, 0.05) is 15.5 Å². The van der Waals surface area contributed by atoms with Crippen LogP contribution in [0.3, 0.4) is 0 Å². The van der Waals surface area contributed by atoms with Crippen LogP contribution in [0, 0.1) is 6.92 Å². The molecule has 0 atom stereocenters. The molecular formula is C20H17ClN2O2S. The minimum atomic E-state index is -0.251. The zero-order valence-electron chi connectivity index (χ0n) is 14.1. The first-order valence-corrected chi connectivity index (χ1v) is 9.22. The van der Waals surface area contributed by atoms with Crippen LogP contribution in [0.4, 0.5) is 0 Å². The van der Waals surface area contributed by atoms with Gasteiger partial charge in [-0.2, -0.15) is 5.10 Å². The third kappa shape index (κ3) is 4.94. The highest BCUT2D eigenvalue weighted by Crippen LogP contribution is 2.21. The maximum Gasteiger partial charge on any atom is 0.271 e. The number of nitrogens with zero attached hydrogens (tertiary/aromatic N) is 1. The highest BCUT2D eigenvalue weighted by Gasteiger charge is 2.05. The largest absolute Gasteiger partial charge is 0.489 e. The second-order valence-electron chi connectivity index (χ2n) is 5.61. The average Bonchev–Trinajstić information content (AvgIpc) is 3.16. The van der Waals surface area contributed by atoms with Crippen molar-refractivity contribution in [3.05, 3.63) is 86.6 Å². The van der Waals surface area contributed by atoms with Gasteiger partial charge in [-0.25, -0.2) is 5.43 Å². The molecule has 0 saturated heterocycles. The maximum atomic E-state index is 12.1. The molecule has 3 rings (SSSR count). The van der Waals surface area contributed by atoms with Gasteiger partial charge in [0.1, 0.15) is 12.4 Å². The van der Waals surface area contributed by atoms with Crippen LogP contribution in [0.1, 0.15) is 26.4 Å². The molecule has 132 valence electrons. The van der Waals surface area contributed by atoms with E-state index in [1.165, 1.54) is 0 Å². The number of nitrogens with one attached hydrogen (secondary N) is 1. The topological polar surface area (TPSA) is 50.7 Å². The number of aryl methyl sites for hydroxylation is 1. The van der Waals surface area contributed by atoms with Crippen LogP contribution in [-0.4, -0.2) is 12.1 Å². The molecule has 0 fully saturated rings. The number of ether oxygens (including phenoxy) is 1. The predicted octanol–water partition coefficient (Wildman–Crippen LogP) is 5.05. The molecule has 0 aliphatic carbocycles. The van der Waals surface area contributed by atoms with Crippen molar-refractivity contribution in [2.75, 3.05) is 0 Å². The second-order valence-corrected chi connectivity index (χ2v) is 7.00. The number of hydrogen-bond donors (Lipinski definition) is 1. The summed E-state index contributed by atoms with van der Waals surface area (Å²) in [6.45, 7) is 2.35. The minimum Gasteiger partial charge on any atom is -0.489 e. The number of thiophene rings is 1. The smallest absolute Gasteiger partial charge is 0.271 e. The highest BCUT2D eigenvalue weighted by molar-refractivity contribution is 7.11. The normalized spacial score (nSPS) is 10.8. The van der Waals surface area contributed by atoms with Gasteiger partial charge in [0.05, 0.1) is 6.21 Å². The molecule has 0 spiro atoms. The average molecular weight is 385 g/mol. The van der Waals surface area contributed by atoms with E-state index in [9.17, 15) is 4.79 Å². The lowest BCUT2D eigenvalue weighted by Gasteiger charge is -2.08. The Morgan fingerprint density at radius 3 is 2.73 bits per heavy atom. The third-order valence-electron chi connectivity index (χ3n) is 3.65. The van der Waals surface area contributed by atoms with Crippen LogP contribution >= 0.6 is 22.9 Å². The lowest BCUT2D eigenvalue weighted by molar-refractivity contribution is 0.0955. The molecular weight excluding hydrogens is 368 g/mol. The molecule has 0 bridgehead atoms. The quantitative estimate of drug-likeness (QED) is 0.477. The van der Waals surface area contributed by atoms with E-state index in [1.54, 1.807) is 29.7 Å². The summed E-state index contributed by atoms with van der Waals surface area (Å²) in [6.07, 6.45) is 1.62. The van der Waals surface area contributed by atoms with Crippen molar-refractivity contribution < 1.29 is 9.53 Å². The van der Waals surface area contributed by atoms with E-state index in [0.29, 0.717) is 12.2 Å². The van der Waals surface area contributed by atoms with Crippen LogP contribution in [0.25, 0.3) is 0 Å². The SMILES string of the molecule is Cc1cc(OCc2ccc(C(=O)N/N=C\c3cccs3)cc2)ccc1Cl. The summed E-state index contributed by atoms with van der Waals surface area (Å²) in [6, 6.07) is 16.6. The number of halogens is 1. The number of benzene rings is 2. The third-order valence-corrected chi connectivity index (χ3v) is 4.88. The fourth-order valence-electron chi connectivity index (χ4n) is 2.21. The molecule has 0 saturated carbocycles. The van der Waals surface area contributed by atoms with Gasteiger partial charge in [0.25, 0.3) is 5.91 Å². The molecule has 1 heterocycles. The Kier molecular flexibility index (Phi) is 6.04. The van der Waals surface area contributed by atoms with Gasteiger partial charge < -0.3 is 4.74 Å². The van der Waals surface area contributed by atoms with E-state index in [1.807, 2.05) is 54.8 Å². The molecule has 6 heteroatoms. The Balaban J connectivity index is 1.54. The Bertz CT molecular complexity index is 906. The highest BCUT2D eigenvalue weighted by atomic mass is 35.5. The van der Waals surface area contributed by atoms with Crippen molar-refractivity contribution in [2.24, 2.45) is 5.10 Å². The van der Waals surface area contributed by atoms with Gasteiger partial charge in [-0.05, 0) is 59.8 Å². The van der Waals surface area contributed by atoms with Crippen molar-refractivity contribution in [1.82, 2.24) is 5.43 Å². The zero-order valence-corrected chi connectivity index (χ0v) is 15.7. The monoisotopic (exact) mass is 384 g/mol. The Labute approximate surface area is 161 Å². The summed E-state index contributed by atoms with van der Waals surface area (Å²) in [5, 5.41) is 6.63. The van der Waals surface area contributed by atoms with Crippen molar-refractivity contribution in [3.63, 3.8) is 0 Å². The number of hydrogen-bond acceptors (Lipinski definition) is 4. The molecule has 0 radical (unpaired) electrons. The van der Waals surface area contributed by atoms with E-state index in [-0.39, 0.29) is 5.91 Å². The molecule has 3 aromatic rings. The van der Waals surface area contributed by atoms with Crippen LogP contribution in [0.5, 0.6) is 5.75 Å². The molecule has 1 amide bonds. The Hall–Kier alpha value is -2.63. The zero-order chi connectivity index (χ0) is 18.4. The number of amides is 1. The van der Waals surface area contributed by atoms with Gasteiger partial charge in [-0.1, -0.05) is 29.8 Å². The van der Waals surface area contributed by atoms with Crippen molar-refractivity contribution >= 4 is 35.1 Å². The van der Waals surface area contributed by atoms with Gasteiger partial charge in [0.15, 0.2) is 0 Å². The molecule has 2 aromatic carbocycles. The Morgan fingerprint density at radius 2 is 2.04 bits per heavy atom. The number of carbonyl (C=O) groups excluding carboxylic acids is 1. The first-order chi connectivity index (χ1) is 12.6. The summed E-state index contributed by atoms with van der Waals surface area (Å²) in [4.78, 5) is 13.0. The van der Waals surface area contributed by atoms with Crippen molar-refractivity contribution in [2.45, 2.75) is 13.5 Å². The molecule has 1 N–H and O–H groups in total. The fraction of sp³-hybridized carbons (Fsp3) is 0.100. The Morgan fingerprint density at radius 1 is 1.23 bits per heavy atom. The number of rotatable bonds is 6. The van der Waals surface area contributed by atoms with E-state index in [2.05, 4.69) is 10.5 Å². The van der Waals surface area contributed by atoms with E-state index in [4.69, 9.17) is 16.3 Å². The van der Waals surface area contributed by atoms with E-state index < -0.39 is 0 Å². The van der Waals surface area contributed by atoms with Gasteiger partial charge in [-0.3, -0.25) is 4.79 Å². The lowest BCUT2D eigenvalue weighted by Crippen LogP contribution is -2.17. The van der Waals surface area contributed by atoms with Crippen LogP contribution in [0.2, 0.25) is 5.02 Å². The molecule has 26 heavy (non-hydrogen) atoms. The van der Waals surface area contributed by atoms with Crippen LogP contribution in [-0.2, 0) is 6.61 Å². The van der Waals surface area contributed by atoms with Crippen LogP contribution < -0.4 is 10.2 Å². The molecule has 0 aliphatic heterocycles. The number of carbonyl (C=O) groups is 1. The van der Waals surface area contributed by atoms with Gasteiger partial charge in [-0.15, -0.1) is 11.3 Å². The molecule has 0 aliphatic rings.